The molecule has 4 amide bonds. The zero-order chi connectivity index (χ0) is 28.0. The van der Waals surface area contributed by atoms with Crippen LogP contribution in [-0.4, -0.2) is 83.5 Å². The van der Waals surface area contributed by atoms with Gasteiger partial charge in [0.25, 0.3) is 0 Å². The zero-order valence-electron chi connectivity index (χ0n) is 22.2. The average Bonchev–Trinajstić information content (AvgIpc) is 3.49. The lowest BCUT2D eigenvalue weighted by Crippen LogP contribution is -2.57. The number of nitrogens with zero attached hydrogens (tertiary/aromatic N) is 1. The molecule has 0 aromatic heterocycles. The van der Waals surface area contributed by atoms with Crippen LogP contribution in [0.15, 0.2) is 30.3 Å². The van der Waals surface area contributed by atoms with Crippen molar-refractivity contribution >= 4 is 35.2 Å². The second-order valence-electron chi connectivity index (χ2n) is 10.5. The smallest absolute Gasteiger partial charge is 0.243 e. The maximum atomic E-state index is 13.5. The molecule has 11 heteroatoms. The van der Waals surface area contributed by atoms with Crippen molar-refractivity contribution in [3.63, 3.8) is 0 Å². The molecule has 1 aromatic carbocycles. The molecular weight excluding hydrogens is 492 g/mol. The fourth-order valence-electron chi connectivity index (χ4n) is 4.41. The van der Waals surface area contributed by atoms with Gasteiger partial charge in [-0.15, -0.1) is 0 Å². The Morgan fingerprint density at radius 1 is 1.08 bits per heavy atom. The summed E-state index contributed by atoms with van der Waals surface area (Å²) in [7, 11) is 0. The van der Waals surface area contributed by atoms with Crippen LogP contribution in [0, 0.1) is 5.92 Å². The number of epoxide rings is 1. The first-order valence-corrected chi connectivity index (χ1v) is 12.8. The summed E-state index contributed by atoms with van der Waals surface area (Å²) < 4.78 is 5.30. The first-order valence-electron chi connectivity index (χ1n) is 12.8. The highest BCUT2D eigenvalue weighted by molar-refractivity contribution is 6.01. The van der Waals surface area contributed by atoms with Crippen LogP contribution < -0.4 is 16.0 Å². The minimum absolute atomic E-state index is 0.112. The van der Waals surface area contributed by atoms with Gasteiger partial charge in [0.1, 0.15) is 17.7 Å². The molecule has 0 aliphatic carbocycles. The number of carbonyl (C=O) groups is 6. The Morgan fingerprint density at radius 2 is 1.74 bits per heavy atom. The first-order chi connectivity index (χ1) is 17.9. The summed E-state index contributed by atoms with van der Waals surface area (Å²) in [6, 6.07) is 6.09. The first kappa shape index (κ1) is 29.0. The molecule has 0 spiro atoms. The van der Waals surface area contributed by atoms with Gasteiger partial charge in [-0.05, 0) is 24.8 Å². The van der Waals surface area contributed by atoms with Crippen molar-refractivity contribution < 1.29 is 33.5 Å². The van der Waals surface area contributed by atoms with Crippen LogP contribution >= 0.6 is 0 Å². The molecule has 2 saturated heterocycles. The van der Waals surface area contributed by atoms with Crippen molar-refractivity contribution in [3.8, 4) is 0 Å². The second-order valence-corrected chi connectivity index (χ2v) is 10.5. The largest absolute Gasteiger partial charge is 0.361 e. The van der Waals surface area contributed by atoms with Crippen LogP contribution in [0.3, 0.4) is 0 Å². The highest BCUT2D eigenvalue weighted by Crippen LogP contribution is 2.29. The quantitative estimate of drug-likeness (QED) is 0.320. The Hall–Kier alpha value is -3.60. The lowest BCUT2D eigenvalue weighted by molar-refractivity contribution is -0.140. The Labute approximate surface area is 222 Å². The van der Waals surface area contributed by atoms with Crippen LogP contribution in [0.4, 0.5) is 0 Å². The van der Waals surface area contributed by atoms with E-state index in [4.69, 9.17) is 4.74 Å². The minimum atomic E-state index is -1.11. The molecule has 2 fully saturated rings. The molecule has 0 radical (unpaired) electrons. The predicted molar refractivity (Wildman–Crippen MR) is 137 cm³/mol. The lowest BCUT2D eigenvalue weighted by Gasteiger charge is -2.28. The Morgan fingerprint density at radius 3 is 2.32 bits per heavy atom. The molecule has 3 rings (SSSR count). The number of likely N-dealkylation sites (tertiary alicyclic amines) is 1. The molecule has 0 bridgehead atoms. The number of benzene rings is 1. The molecule has 2 heterocycles. The summed E-state index contributed by atoms with van der Waals surface area (Å²) >= 11 is 0. The van der Waals surface area contributed by atoms with Crippen LogP contribution in [0.5, 0.6) is 0 Å². The van der Waals surface area contributed by atoms with Crippen molar-refractivity contribution in [2.24, 2.45) is 5.92 Å². The summed E-state index contributed by atoms with van der Waals surface area (Å²) in [4.78, 5) is 76.9. The summed E-state index contributed by atoms with van der Waals surface area (Å²) in [5, 5.41) is 7.88. The summed E-state index contributed by atoms with van der Waals surface area (Å²) in [5.41, 5.74) is -0.150. The topological polar surface area (TPSA) is 154 Å². The van der Waals surface area contributed by atoms with Gasteiger partial charge in [0.2, 0.25) is 23.6 Å². The van der Waals surface area contributed by atoms with Gasteiger partial charge in [-0.1, -0.05) is 44.2 Å². The molecule has 3 N–H and O–H groups in total. The number of hydrogen-bond acceptors (Lipinski definition) is 7. The standard InChI is InChI=1S/C27H36N4O7/c1-16(2)10-20(24(35)27(4)15-38-27)29-25(36)21(11-18-8-6-5-7-9-18)30-26(37)22-12-19(33)14-31(22)23(34)13-28-17(3)32/h5-9,16,20-22H,10-15H2,1-4H3,(H,28,32)(H,29,36)(H,30,37)/t20-,21-,22-,27+/m0/s1. The van der Waals surface area contributed by atoms with E-state index < -0.39 is 47.4 Å². The molecule has 38 heavy (non-hydrogen) atoms. The lowest BCUT2D eigenvalue weighted by atomic mass is 9.93. The fourth-order valence-corrected chi connectivity index (χ4v) is 4.41. The van der Waals surface area contributed by atoms with Crippen LogP contribution in [-0.2, 0) is 39.9 Å². The van der Waals surface area contributed by atoms with E-state index in [0.29, 0.717) is 13.0 Å². The number of ether oxygens (including phenoxy) is 1. The molecule has 2 aliphatic rings. The van der Waals surface area contributed by atoms with E-state index in [-0.39, 0.29) is 43.4 Å². The van der Waals surface area contributed by atoms with Crippen LogP contribution in [0.1, 0.15) is 46.1 Å². The monoisotopic (exact) mass is 528 g/mol. The predicted octanol–water partition coefficient (Wildman–Crippen LogP) is -0.0911. The van der Waals surface area contributed by atoms with E-state index in [1.807, 2.05) is 32.0 Å². The molecule has 2 aliphatic heterocycles. The maximum Gasteiger partial charge on any atom is 0.243 e. The van der Waals surface area contributed by atoms with Gasteiger partial charge in [0.05, 0.1) is 25.7 Å². The number of ketones is 2. The number of carbonyl (C=O) groups excluding carboxylic acids is 6. The van der Waals surface area contributed by atoms with Crippen molar-refractivity contribution in [1.82, 2.24) is 20.9 Å². The van der Waals surface area contributed by atoms with E-state index in [2.05, 4.69) is 16.0 Å². The Bertz CT molecular complexity index is 1080. The summed E-state index contributed by atoms with van der Waals surface area (Å²) in [6.45, 7) is 6.51. The van der Waals surface area contributed by atoms with E-state index in [0.717, 1.165) is 10.5 Å². The highest BCUT2D eigenvalue weighted by atomic mass is 16.6. The van der Waals surface area contributed by atoms with Gasteiger partial charge in [-0.3, -0.25) is 28.8 Å². The van der Waals surface area contributed by atoms with E-state index in [9.17, 15) is 28.8 Å². The number of rotatable bonds is 12. The van der Waals surface area contributed by atoms with Crippen molar-refractivity contribution in [2.45, 2.75) is 70.7 Å². The molecule has 0 saturated carbocycles. The molecule has 11 nitrogen and oxygen atoms in total. The Kier molecular flexibility index (Phi) is 9.37. The van der Waals surface area contributed by atoms with Gasteiger partial charge in [-0.2, -0.15) is 0 Å². The normalized spacial score (nSPS) is 22.0. The van der Waals surface area contributed by atoms with Crippen LogP contribution in [0.25, 0.3) is 0 Å². The van der Waals surface area contributed by atoms with Gasteiger partial charge in [0, 0.05) is 19.8 Å². The number of nitrogens with one attached hydrogen (secondary N) is 3. The van der Waals surface area contributed by atoms with Crippen molar-refractivity contribution in [2.75, 3.05) is 19.7 Å². The van der Waals surface area contributed by atoms with E-state index >= 15 is 0 Å². The number of hydrogen-bond donors (Lipinski definition) is 3. The van der Waals surface area contributed by atoms with Crippen molar-refractivity contribution in [1.29, 1.82) is 0 Å². The zero-order valence-corrected chi connectivity index (χ0v) is 22.2. The SMILES string of the molecule is CC(=O)NCC(=O)N1CC(=O)C[C@H]1C(=O)N[C@@H](Cc1ccccc1)C(=O)N[C@@H](CC(C)C)C(=O)[C@@]1(C)CO1. The number of Topliss-reactive ketones (excluding diaryl/α,β-unsaturated/α-hetero) is 2. The second kappa shape index (κ2) is 12.3. The third-order valence-corrected chi connectivity index (χ3v) is 6.61. The fraction of sp³-hybridized carbons (Fsp3) is 0.556. The molecule has 4 atom stereocenters. The average molecular weight is 529 g/mol. The van der Waals surface area contributed by atoms with E-state index in [1.54, 1.807) is 19.1 Å². The van der Waals surface area contributed by atoms with Gasteiger partial charge in [-0.25, -0.2) is 0 Å². The van der Waals surface area contributed by atoms with Gasteiger partial charge >= 0.3 is 0 Å². The highest BCUT2D eigenvalue weighted by Gasteiger charge is 2.50. The molecule has 206 valence electrons. The third kappa shape index (κ3) is 7.70. The van der Waals surface area contributed by atoms with Gasteiger partial charge < -0.3 is 25.6 Å². The van der Waals surface area contributed by atoms with Gasteiger partial charge in [0.15, 0.2) is 11.6 Å². The number of amides is 4. The molecule has 0 unspecified atom stereocenters. The van der Waals surface area contributed by atoms with Crippen LogP contribution in [0.2, 0.25) is 0 Å². The Balaban J connectivity index is 1.78. The summed E-state index contributed by atoms with van der Waals surface area (Å²) in [6.07, 6.45) is 0.342. The maximum absolute atomic E-state index is 13.5. The molecule has 1 aromatic rings. The summed E-state index contributed by atoms with van der Waals surface area (Å²) in [5.74, 6) is -2.61. The van der Waals surface area contributed by atoms with E-state index in [1.165, 1.54) is 6.92 Å². The minimum Gasteiger partial charge on any atom is -0.361 e. The van der Waals surface area contributed by atoms with Crippen molar-refractivity contribution in [3.05, 3.63) is 35.9 Å². The third-order valence-electron chi connectivity index (χ3n) is 6.61. The molecular formula is C27H36N4O7.